The van der Waals surface area contributed by atoms with Gasteiger partial charge in [0.05, 0.1) is 11.0 Å². The van der Waals surface area contributed by atoms with Crippen LogP contribution in [0, 0.1) is 6.92 Å². The Morgan fingerprint density at radius 3 is 2.78 bits per heavy atom. The van der Waals surface area contributed by atoms with Gasteiger partial charge in [0, 0.05) is 25.9 Å². The summed E-state index contributed by atoms with van der Waals surface area (Å²) >= 11 is 0. The number of hydrogen-bond acceptors (Lipinski definition) is 4. The van der Waals surface area contributed by atoms with Crippen molar-refractivity contribution in [2.45, 2.75) is 38.5 Å². The van der Waals surface area contributed by atoms with E-state index in [0.717, 1.165) is 36.1 Å². The first-order valence-electron chi connectivity index (χ1n) is 9.38. The van der Waals surface area contributed by atoms with Crippen LogP contribution in [0.3, 0.4) is 0 Å². The lowest BCUT2D eigenvalue weighted by Crippen LogP contribution is -2.31. The quantitative estimate of drug-likeness (QED) is 0.754. The molecule has 140 valence electrons. The first kappa shape index (κ1) is 17.5. The van der Waals surface area contributed by atoms with Crippen LogP contribution in [0.25, 0.3) is 11.0 Å². The summed E-state index contributed by atoms with van der Waals surface area (Å²) in [6.45, 7) is 2.19. The first-order chi connectivity index (χ1) is 13.0. The van der Waals surface area contributed by atoms with Gasteiger partial charge in [0.15, 0.2) is 0 Å². The smallest absolute Gasteiger partial charge is 0.349 e. The number of benzene rings is 1. The van der Waals surface area contributed by atoms with E-state index in [4.69, 9.17) is 4.42 Å². The second-order valence-corrected chi connectivity index (χ2v) is 7.20. The summed E-state index contributed by atoms with van der Waals surface area (Å²) in [5.41, 5.74) is 2.22. The first-order valence-corrected chi connectivity index (χ1v) is 9.38. The zero-order chi connectivity index (χ0) is 19.0. The SMILES string of the molecule is Cc1cc(C2CCC2)oc(=O)c1C(=O)NCCc1nc2ccccc2n1C. The van der Waals surface area contributed by atoms with Crippen molar-refractivity contribution < 1.29 is 9.21 Å². The zero-order valence-corrected chi connectivity index (χ0v) is 15.6. The highest BCUT2D eigenvalue weighted by Gasteiger charge is 2.25. The van der Waals surface area contributed by atoms with Crippen LogP contribution in [0.4, 0.5) is 0 Å². The number of aryl methyl sites for hydroxylation is 2. The van der Waals surface area contributed by atoms with Crippen molar-refractivity contribution in [3.63, 3.8) is 0 Å². The normalized spacial score (nSPS) is 14.3. The second-order valence-electron chi connectivity index (χ2n) is 7.20. The minimum atomic E-state index is -0.544. The lowest BCUT2D eigenvalue weighted by molar-refractivity contribution is 0.0948. The number of rotatable bonds is 5. The summed E-state index contributed by atoms with van der Waals surface area (Å²) in [6, 6.07) is 9.75. The molecule has 1 N–H and O–H groups in total. The number of nitrogens with one attached hydrogen (secondary N) is 1. The number of carbonyl (C=O) groups is 1. The summed E-state index contributed by atoms with van der Waals surface area (Å²) in [5, 5.41) is 2.83. The summed E-state index contributed by atoms with van der Waals surface area (Å²) in [4.78, 5) is 29.4. The fourth-order valence-corrected chi connectivity index (χ4v) is 3.60. The van der Waals surface area contributed by atoms with Gasteiger partial charge in [0.25, 0.3) is 5.91 Å². The standard InChI is InChI=1S/C21H23N3O3/c1-13-12-17(14-6-5-7-14)27-21(26)19(13)20(25)22-11-10-18-23-15-8-3-4-9-16(15)24(18)2/h3-4,8-9,12,14H,5-7,10-11H2,1-2H3,(H,22,25). The van der Waals surface area contributed by atoms with Crippen molar-refractivity contribution >= 4 is 16.9 Å². The Kier molecular flexibility index (Phi) is 4.56. The van der Waals surface area contributed by atoms with E-state index in [1.807, 2.05) is 41.9 Å². The summed E-state index contributed by atoms with van der Waals surface area (Å²) in [7, 11) is 1.96. The summed E-state index contributed by atoms with van der Waals surface area (Å²) < 4.78 is 7.43. The van der Waals surface area contributed by atoms with Gasteiger partial charge in [-0.2, -0.15) is 0 Å². The van der Waals surface area contributed by atoms with E-state index >= 15 is 0 Å². The molecule has 27 heavy (non-hydrogen) atoms. The third-order valence-corrected chi connectivity index (χ3v) is 5.42. The van der Waals surface area contributed by atoms with Crippen LogP contribution in [0.2, 0.25) is 0 Å². The summed E-state index contributed by atoms with van der Waals surface area (Å²) in [5.74, 6) is 1.53. The fraction of sp³-hybridized carbons (Fsp3) is 0.381. The van der Waals surface area contributed by atoms with Gasteiger partial charge in [-0.25, -0.2) is 9.78 Å². The Balaban J connectivity index is 1.44. The number of aromatic nitrogens is 2. The molecule has 0 saturated heterocycles. The third kappa shape index (κ3) is 3.27. The molecule has 1 aromatic carbocycles. The molecular formula is C21H23N3O3. The van der Waals surface area contributed by atoms with Crippen molar-refractivity contribution in [2.24, 2.45) is 7.05 Å². The molecular weight excluding hydrogens is 342 g/mol. The van der Waals surface area contributed by atoms with E-state index in [-0.39, 0.29) is 11.5 Å². The molecule has 1 aliphatic rings. The molecule has 1 aliphatic carbocycles. The second kappa shape index (κ2) is 7.02. The van der Waals surface area contributed by atoms with E-state index in [2.05, 4.69) is 10.3 Å². The summed E-state index contributed by atoms with van der Waals surface area (Å²) in [6.07, 6.45) is 3.84. The topological polar surface area (TPSA) is 77.1 Å². The van der Waals surface area contributed by atoms with Crippen molar-refractivity contribution in [1.29, 1.82) is 0 Å². The molecule has 6 nitrogen and oxygen atoms in total. The number of imidazole rings is 1. The van der Waals surface area contributed by atoms with Gasteiger partial charge < -0.3 is 14.3 Å². The minimum Gasteiger partial charge on any atom is -0.427 e. The number of carbonyl (C=O) groups excluding carboxylic acids is 1. The van der Waals surface area contributed by atoms with E-state index in [1.165, 1.54) is 0 Å². The van der Waals surface area contributed by atoms with Gasteiger partial charge in [-0.3, -0.25) is 4.79 Å². The van der Waals surface area contributed by atoms with Gasteiger partial charge in [-0.15, -0.1) is 0 Å². The monoisotopic (exact) mass is 365 g/mol. The van der Waals surface area contributed by atoms with Crippen molar-refractivity contribution in [1.82, 2.24) is 14.9 Å². The van der Waals surface area contributed by atoms with Crippen molar-refractivity contribution in [2.75, 3.05) is 6.54 Å². The molecule has 2 heterocycles. The zero-order valence-electron chi connectivity index (χ0n) is 15.6. The van der Waals surface area contributed by atoms with Crippen molar-refractivity contribution in [3.8, 4) is 0 Å². The Bertz CT molecular complexity index is 1060. The van der Waals surface area contributed by atoms with Crippen LogP contribution in [-0.4, -0.2) is 22.0 Å². The van der Waals surface area contributed by atoms with Crippen LogP contribution in [0.15, 0.2) is 39.5 Å². The largest absolute Gasteiger partial charge is 0.427 e. The highest BCUT2D eigenvalue weighted by atomic mass is 16.4. The number of fused-ring (bicyclic) bond motifs is 1. The molecule has 1 amide bonds. The predicted molar refractivity (Wildman–Crippen MR) is 103 cm³/mol. The van der Waals surface area contributed by atoms with E-state index in [0.29, 0.717) is 30.2 Å². The van der Waals surface area contributed by atoms with Crippen LogP contribution >= 0.6 is 0 Å². The number of amides is 1. The number of para-hydroxylation sites is 2. The Labute approximate surface area is 157 Å². The van der Waals surface area contributed by atoms with E-state index in [1.54, 1.807) is 6.92 Å². The number of hydrogen-bond donors (Lipinski definition) is 1. The van der Waals surface area contributed by atoms with Gasteiger partial charge in [-0.05, 0) is 43.5 Å². The average Bonchev–Trinajstić information content (AvgIpc) is 2.89. The predicted octanol–water partition coefficient (Wildman–Crippen LogP) is 3.07. The van der Waals surface area contributed by atoms with Crippen LogP contribution < -0.4 is 10.9 Å². The Morgan fingerprint density at radius 1 is 1.33 bits per heavy atom. The average molecular weight is 365 g/mol. The van der Waals surface area contributed by atoms with Crippen LogP contribution in [-0.2, 0) is 13.5 Å². The molecule has 0 aliphatic heterocycles. The highest BCUT2D eigenvalue weighted by Crippen LogP contribution is 2.36. The van der Waals surface area contributed by atoms with Crippen molar-refractivity contribution in [3.05, 3.63) is 63.5 Å². The van der Waals surface area contributed by atoms with Gasteiger partial charge >= 0.3 is 5.63 Å². The van der Waals surface area contributed by atoms with Crippen LogP contribution in [0.5, 0.6) is 0 Å². The third-order valence-electron chi connectivity index (χ3n) is 5.42. The van der Waals surface area contributed by atoms with Gasteiger partial charge in [-0.1, -0.05) is 18.6 Å². The lowest BCUT2D eigenvalue weighted by Gasteiger charge is -2.24. The maximum Gasteiger partial charge on any atom is 0.349 e. The highest BCUT2D eigenvalue weighted by molar-refractivity contribution is 5.95. The molecule has 0 atom stereocenters. The molecule has 1 fully saturated rings. The lowest BCUT2D eigenvalue weighted by atomic mass is 9.83. The Morgan fingerprint density at radius 2 is 2.11 bits per heavy atom. The minimum absolute atomic E-state index is 0.100. The molecule has 0 bridgehead atoms. The van der Waals surface area contributed by atoms with Crippen LogP contribution in [0.1, 0.15) is 52.7 Å². The maximum atomic E-state index is 12.5. The molecule has 2 aromatic heterocycles. The molecule has 4 rings (SSSR count). The molecule has 0 spiro atoms. The maximum absolute atomic E-state index is 12.5. The Hall–Kier alpha value is -2.89. The fourth-order valence-electron chi connectivity index (χ4n) is 3.60. The molecule has 0 unspecified atom stereocenters. The van der Waals surface area contributed by atoms with Gasteiger partial charge in [0.1, 0.15) is 17.1 Å². The molecule has 6 heteroatoms. The molecule has 3 aromatic rings. The molecule has 1 saturated carbocycles. The van der Waals surface area contributed by atoms with E-state index < -0.39 is 5.63 Å². The van der Waals surface area contributed by atoms with Gasteiger partial charge in [0.2, 0.25) is 0 Å². The van der Waals surface area contributed by atoms with E-state index in [9.17, 15) is 9.59 Å². The molecule has 0 radical (unpaired) electrons. The number of nitrogens with zero attached hydrogens (tertiary/aromatic N) is 2.